The van der Waals surface area contributed by atoms with Crippen molar-refractivity contribution in [1.29, 1.82) is 0 Å². The Morgan fingerprint density at radius 1 is 1.28 bits per heavy atom. The number of nitrogens with zero attached hydrogens (tertiary/aromatic N) is 2. The number of aromatic nitrogens is 2. The highest BCUT2D eigenvalue weighted by Crippen LogP contribution is 2.15. The fourth-order valence-corrected chi connectivity index (χ4v) is 2.11. The molecule has 0 aliphatic heterocycles. The molecule has 0 bridgehead atoms. The second-order valence-electron chi connectivity index (χ2n) is 3.86. The fourth-order valence-electron chi connectivity index (χ4n) is 1.41. The van der Waals surface area contributed by atoms with Crippen molar-refractivity contribution < 1.29 is 4.79 Å². The minimum atomic E-state index is 0. The third-order valence-electron chi connectivity index (χ3n) is 2.37. The monoisotopic (exact) mass is 292 g/mol. The Morgan fingerprint density at radius 2 is 2.00 bits per heavy atom. The van der Waals surface area contributed by atoms with E-state index < -0.39 is 0 Å². The maximum absolute atomic E-state index is 11.5. The summed E-state index contributed by atoms with van der Waals surface area (Å²) in [6, 6.07) is 0. The van der Waals surface area contributed by atoms with Crippen LogP contribution in [0.15, 0.2) is 0 Å². The highest BCUT2D eigenvalue weighted by atomic mass is 35.5. The first-order chi connectivity index (χ1) is 8.26. The molecular weight excluding hydrogens is 272 g/mol. The largest absolute Gasteiger partial charge is 0.330 e. The highest BCUT2D eigenvalue weighted by Gasteiger charge is 2.06. The smallest absolute Gasteiger partial charge is 0.226 e. The van der Waals surface area contributed by atoms with Crippen molar-refractivity contribution in [2.75, 3.05) is 11.9 Å². The molecule has 0 aliphatic carbocycles. The third-order valence-corrected chi connectivity index (χ3v) is 3.36. The van der Waals surface area contributed by atoms with Gasteiger partial charge in [0.15, 0.2) is 0 Å². The second kappa shape index (κ2) is 10.2. The summed E-state index contributed by atoms with van der Waals surface area (Å²) in [6.45, 7) is 2.75. The first-order valence-electron chi connectivity index (χ1n) is 6.08. The number of nitrogens with two attached hydrogens (primary N) is 1. The summed E-state index contributed by atoms with van der Waals surface area (Å²) in [5, 5.41) is 12.2. The van der Waals surface area contributed by atoms with Crippen molar-refractivity contribution in [1.82, 2.24) is 10.2 Å². The number of nitrogens with one attached hydrogen (secondary N) is 1. The number of anilines is 1. The van der Waals surface area contributed by atoms with Crippen molar-refractivity contribution in [3.8, 4) is 0 Å². The first-order valence-corrected chi connectivity index (χ1v) is 6.90. The van der Waals surface area contributed by atoms with Crippen LogP contribution in [0, 0.1) is 0 Å². The van der Waals surface area contributed by atoms with Crippen LogP contribution in [-0.2, 0) is 11.2 Å². The molecule has 1 amide bonds. The van der Waals surface area contributed by atoms with Crippen molar-refractivity contribution in [2.45, 2.75) is 45.4 Å². The average molecular weight is 293 g/mol. The number of rotatable bonds is 8. The van der Waals surface area contributed by atoms with Crippen molar-refractivity contribution in [3.05, 3.63) is 5.01 Å². The lowest BCUT2D eigenvalue weighted by atomic mass is 10.1. The molecule has 1 aromatic heterocycles. The van der Waals surface area contributed by atoms with E-state index in [1.54, 1.807) is 0 Å². The Balaban J connectivity index is 0.00000289. The number of amides is 1. The van der Waals surface area contributed by atoms with E-state index in [9.17, 15) is 4.79 Å². The van der Waals surface area contributed by atoms with E-state index >= 15 is 0 Å². The quantitative estimate of drug-likeness (QED) is 0.721. The van der Waals surface area contributed by atoms with Crippen molar-refractivity contribution >= 4 is 34.8 Å². The predicted octanol–water partition coefficient (Wildman–Crippen LogP) is 2.37. The predicted molar refractivity (Wildman–Crippen MR) is 77.3 cm³/mol. The van der Waals surface area contributed by atoms with Gasteiger partial charge in [-0.25, -0.2) is 0 Å². The Morgan fingerprint density at radius 3 is 2.61 bits per heavy atom. The van der Waals surface area contributed by atoms with E-state index in [0.29, 0.717) is 11.6 Å². The second-order valence-corrected chi connectivity index (χ2v) is 4.92. The van der Waals surface area contributed by atoms with Gasteiger partial charge < -0.3 is 11.1 Å². The van der Waals surface area contributed by atoms with Crippen molar-refractivity contribution in [2.24, 2.45) is 5.73 Å². The number of carbonyl (C=O) groups is 1. The Bertz CT molecular complexity index is 346. The van der Waals surface area contributed by atoms with Crippen LogP contribution < -0.4 is 11.1 Å². The summed E-state index contributed by atoms with van der Waals surface area (Å²) >= 11 is 1.44. The lowest BCUT2D eigenvalue weighted by Crippen LogP contribution is -2.10. The van der Waals surface area contributed by atoms with E-state index in [-0.39, 0.29) is 18.3 Å². The molecule has 0 saturated heterocycles. The third kappa shape index (κ3) is 6.88. The van der Waals surface area contributed by atoms with Crippen LogP contribution in [0.4, 0.5) is 5.13 Å². The van der Waals surface area contributed by atoms with E-state index in [2.05, 4.69) is 15.5 Å². The average Bonchev–Trinajstić information content (AvgIpc) is 2.76. The summed E-state index contributed by atoms with van der Waals surface area (Å²) < 4.78 is 0. The molecule has 1 rings (SSSR count). The summed E-state index contributed by atoms with van der Waals surface area (Å²) in [6.07, 6.45) is 5.50. The zero-order chi connectivity index (χ0) is 12.5. The highest BCUT2D eigenvalue weighted by molar-refractivity contribution is 7.15. The van der Waals surface area contributed by atoms with Crippen LogP contribution in [0.2, 0.25) is 0 Å². The Kier molecular flexibility index (Phi) is 9.82. The lowest BCUT2D eigenvalue weighted by Gasteiger charge is -2.00. The molecule has 104 valence electrons. The van der Waals surface area contributed by atoms with Gasteiger partial charge in [0.25, 0.3) is 0 Å². The fraction of sp³-hybridized carbons (Fsp3) is 0.727. The van der Waals surface area contributed by atoms with Gasteiger partial charge in [-0.2, -0.15) is 0 Å². The maximum atomic E-state index is 11.5. The van der Waals surface area contributed by atoms with E-state index in [1.807, 2.05) is 6.92 Å². The maximum Gasteiger partial charge on any atom is 0.226 e. The number of aryl methyl sites for hydroxylation is 1. The molecule has 0 atom stereocenters. The van der Waals surface area contributed by atoms with E-state index in [0.717, 1.165) is 43.7 Å². The zero-order valence-corrected chi connectivity index (χ0v) is 12.3. The normalized spacial score (nSPS) is 9.89. The zero-order valence-electron chi connectivity index (χ0n) is 10.6. The molecule has 3 N–H and O–H groups in total. The molecule has 0 aromatic carbocycles. The van der Waals surface area contributed by atoms with Crippen LogP contribution in [0.1, 0.15) is 44.0 Å². The number of hydrogen-bond donors (Lipinski definition) is 2. The molecule has 18 heavy (non-hydrogen) atoms. The van der Waals surface area contributed by atoms with Gasteiger partial charge in [-0.3, -0.25) is 4.79 Å². The van der Waals surface area contributed by atoms with Gasteiger partial charge in [-0.15, -0.1) is 22.6 Å². The van der Waals surface area contributed by atoms with Crippen LogP contribution in [0.3, 0.4) is 0 Å². The van der Waals surface area contributed by atoms with Gasteiger partial charge >= 0.3 is 0 Å². The molecule has 0 spiro atoms. The molecule has 1 heterocycles. The van der Waals surface area contributed by atoms with Gasteiger partial charge in [-0.1, -0.05) is 31.1 Å². The van der Waals surface area contributed by atoms with Gasteiger partial charge in [-0.05, 0) is 25.8 Å². The number of unbranched alkanes of at least 4 members (excludes halogenated alkanes) is 3. The first kappa shape index (κ1) is 17.3. The van der Waals surface area contributed by atoms with E-state index in [4.69, 9.17) is 5.73 Å². The molecule has 7 heteroatoms. The Labute approximate surface area is 118 Å². The van der Waals surface area contributed by atoms with Crippen LogP contribution in [0.25, 0.3) is 0 Å². The minimum Gasteiger partial charge on any atom is -0.330 e. The number of hydrogen-bond acceptors (Lipinski definition) is 5. The summed E-state index contributed by atoms with van der Waals surface area (Å²) in [4.78, 5) is 11.5. The van der Waals surface area contributed by atoms with Crippen LogP contribution >= 0.6 is 23.7 Å². The van der Waals surface area contributed by atoms with Crippen molar-refractivity contribution in [3.63, 3.8) is 0 Å². The summed E-state index contributed by atoms with van der Waals surface area (Å²) in [7, 11) is 0. The van der Waals surface area contributed by atoms with Gasteiger partial charge in [0.05, 0.1) is 0 Å². The lowest BCUT2D eigenvalue weighted by molar-refractivity contribution is -0.116. The molecule has 0 radical (unpaired) electrons. The van der Waals surface area contributed by atoms with Crippen LogP contribution in [-0.4, -0.2) is 22.6 Å². The van der Waals surface area contributed by atoms with Crippen LogP contribution in [0.5, 0.6) is 0 Å². The SMILES string of the molecule is CCc1nnc(NC(=O)CCCCCCN)s1.Cl. The van der Waals surface area contributed by atoms with Gasteiger partial charge in [0.2, 0.25) is 11.0 Å². The molecule has 5 nitrogen and oxygen atoms in total. The molecular formula is C11H21ClN4OS. The summed E-state index contributed by atoms with van der Waals surface area (Å²) in [5.74, 6) is 0.0246. The van der Waals surface area contributed by atoms with Gasteiger partial charge in [0, 0.05) is 6.42 Å². The number of carbonyl (C=O) groups excluding carboxylic acids is 1. The molecule has 0 fully saturated rings. The standard InChI is InChI=1S/C11H20N4OS.ClH/c1-2-10-14-15-11(17-10)13-9(16)7-5-3-4-6-8-12;/h2-8,12H2,1H3,(H,13,15,16);1H. The topological polar surface area (TPSA) is 80.9 Å². The molecule has 1 aromatic rings. The Hall–Kier alpha value is -0.720. The van der Waals surface area contributed by atoms with E-state index in [1.165, 1.54) is 11.3 Å². The summed E-state index contributed by atoms with van der Waals surface area (Å²) in [5.41, 5.74) is 5.40. The molecule has 0 unspecified atom stereocenters. The minimum absolute atomic E-state index is 0. The number of halogens is 1. The molecule has 0 saturated carbocycles. The van der Waals surface area contributed by atoms with Gasteiger partial charge in [0.1, 0.15) is 5.01 Å². The molecule has 0 aliphatic rings.